The molecule has 0 heterocycles. The second kappa shape index (κ2) is 9.22. The average Bonchev–Trinajstić information content (AvgIpc) is 2.46. The number of hydrogen-bond acceptors (Lipinski definition) is 5. The van der Waals surface area contributed by atoms with Crippen LogP contribution in [0.4, 0.5) is 10.5 Å². The Morgan fingerprint density at radius 1 is 1.18 bits per heavy atom. The number of carbonyl (C=O) groups is 3. The molecule has 0 aliphatic heterocycles. The molecule has 0 saturated carbocycles. The van der Waals surface area contributed by atoms with Crippen LogP contribution in [0.15, 0.2) is 24.3 Å². The summed E-state index contributed by atoms with van der Waals surface area (Å²) in [6, 6.07) is 5.87. The zero-order valence-corrected chi connectivity index (χ0v) is 12.1. The Labute approximate surface area is 127 Å². The number of benzene rings is 1. The van der Waals surface area contributed by atoms with E-state index < -0.39 is 18.0 Å². The minimum Gasteiger partial charge on any atom is -0.482 e. The fraction of sp³-hybridized carbons (Fsp3) is 0.357. The van der Waals surface area contributed by atoms with Gasteiger partial charge in [-0.25, -0.2) is 9.59 Å². The number of carboxylic acids is 1. The van der Waals surface area contributed by atoms with Gasteiger partial charge in [-0.05, 0) is 31.2 Å². The summed E-state index contributed by atoms with van der Waals surface area (Å²) in [7, 11) is 0. The highest BCUT2D eigenvalue weighted by Crippen LogP contribution is 2.15. The lowest BCUT2D eigenvalue weighted by atomic mass is 10.3. The maximum atomic E-state index is 11.5. The molecule has 0 spiro atoms. The number of rotatable bonds is 8. The van der Waals surface area contributed by atoms with Crippen LogP contribution < -0.4 is 15.4 Å². The quantitative estimate of drug-likeness (QED) is 0.622. The van der Waals surface area contributed by atoms with E-state index in [1.807, 2.05) is 0 Å². The Morgan fingerprint density at radius 3 is 2.45 bits per heavy atom. The summed E-state index contributed by atoms with van der Waals surface area (Å²) in [5, 5.41) is 13.4. The first-order chi connectivity index (χ1) is 10.5. The lowest BCUT2D eigenvalue weighted by Gasteiger charge is -2.08. The second-order valence-electron chi connectivity index (χ2n) is 4.14. The predicted octanol–water partition coefficient (Wildman–Crippen LogP) is 1.22. The van der Waals surface area contributed by atoms with Crippen molar-refractivity contribution in [2.45, 2.75) is 13.3 Å². The normalized spacial score (nSPS) is 9.68. The third kappa shape index (κ3) is 7.13. The molecule has 2 amide bonds. The molecule has 1 aromatic carbocycles. The van der Waals surface area contributed by atoms with Crippen molar-refractivity contribution in [3.8, 4) is 5.75 Å². The third-order valence-corrected chi connectivity index (χ3v) is 2.40. The maximum Gasteiger partial charge on any atom is 0.344 e. The van der Waals surface area contributed by atoms with Crippen LogP contribution in [0.25, 0.3) is 0 Å². The molecule has 120 valence electrons. The monoisotopic (exact) mass is 310 g/mol. The number of amides is 2. The molecule has 1 rings (SSSR count). The molecule has 8 nitrogen and oxygen atoms in total. The van der Waals surface area contributed by atoms with Crippen LogP contribution in [0.2, 0.25) is 0 Å². The molecule has 1 aromatic rings. The summed E-state index contributed by atoms with van der Waals surface area (Å²) >= 11 is 0. The molecule has 0 radical (unpaired) electrons. The van der Waals surface area contributed by atoms with Crippen molar-refractivity contribution in [3.63, 3.8) is 0 Å². The number of carbonyl (C=O) groups excluding carboxylic acids is 2. The summed E-state index contributed by atoms with van der Waals surface area (Å²) in [6.07, 6.45) is -0.145. The number of nitrogens with one attached hydrogen (secondary N) is 2. The predicted molar refractivity (Wildman–Crippen MR) is 77.8 cm³/mol. The summed E-state index contributed by atoms with van der Waals surface area (Å²) in [6.45, 7) is 1.86. The lowest BCUT2D eigenvalue weighted by molar-refractivity contribution is -0.145. The van der Waals surface area contributed by atoms with Crippen LogP contribution in [-0.2, 0) is 14.3 Å². The smallest absolute Gasteiger partial charge is 0.344 e. The van der Waals surface area contributed by atoms with Gasteiger partial charge in [0.25, 0.3) is 0 Å². The van der Waals surface area contributed by atoms with Gasteiger partial charge < -0.3 is 25.2 Å². The van der Waals surface area contributed by atoms with Gasteiger partial charge in [0.1, 0.15) is 5.75 Å². The molecule has 0 unspecified atom stereocenters. The summed E-state index contributed by atoms with van der Waals surface area (Å²) in [4.78, 5) is 32.9. The molecule has 0 atom stereocenters. The van der Waals surface area contributed by atoms with Gasteiger partial charge >= 0.3 is 18.0 Å². The molecular weight excluding hydrogens is 292 g/mol. The van der Waals surface area contributed by atoms with Gasteiger partial charge in [-0.15, -0.1) is 0 Å². The summed E-state index contributed by atoms with van der Waals surface area (Å²) < 4.78 is 9.93. The van der Waals surface area contributed by atoms with Gasteiger partial charge in [-0.1, -0.05) is 0 Å². The Morgan fingerprint density at radius 2 is 1.86 bits per heavy atom. The van der Waals surface area contributed by atoms with Crippen LogP contribution in [0, 0.1) is 0 Å². The van der Waals surface area contributed by atoms with Crippen molar-refractivity contribution >= 4 is 23.7 Å². The SMILES string of the molecule is CCOC(=O)COc1ccc(NC(=O)NCCC(=O)O)cc1. The zero-order chi connectivity index (χ0) is 16.4. The van der Waals surface area contributed by atoms with E-state index in [2.05, 4.69) is 10.6 Å². The van der Waals surface area contributed by atoms with Crippen LogP contribution in [0.5, 0.6) is 5.75 Å². The first-order valence-electron chi connectivity index (χ1n) is 6.66. The number of urea groups is 1. The maximum absolute atomic E-state index is 11.5. The van der Waals surface area contributed by atoms with Crippen molar-refractivity contribution < 1.29 is 29.0 Å². The minimum absolute atomic E-state index is 0.0436. The molecule has 0 fully saturated rings. The molecule has 0 aliphatic carbocycles. The van der Waals surface area contributed by atoms with Gasteiger partial charge in [-0.2, -0.15) is 0 Å². The van der Waals surface area contributed by atoms with Crippen molar-refractivity contribution in [2.75, 3.05) is 25.1 Å². The topological polar surface area (TPSA) is 114 Å². The largest absolute Gasteiger partial charge is 0.482 e. The van der Waals surface area contributed by atoms with Crippen LogP contribution in [-0.4, -0.2) is 42.8 Å². The number of anilines is 1. The molecule has 0 aromatic heterocycles. The second-order valence-corrected chi connectivity index (χ2v) is 4.14. The first kappa shape index (κ1) is 17.3. The molecular formula is C14H18N2O6. The molecule has 0 saturated heterocycles. The van der Waals surface area contributed by atoms with E-state index >= 15 is 0 Å². The van der Waals surface area contributed by atoms with Crippen molar-refractivity contribution in [1.82, 2.24) is 5.32 Å². The summed E-state index contributed by atoms with van der Waals surface area (Å²) in [5.41, 5.74) is 0.510. The van der Waals surface area contributed by atoms with Crippen LogP contribution >= 0.6 is 0 Å². The Hall–Kier alpha value is -2.77. The van der Waals surface area contributed by atoms with Gasteiger partial charge in [0.15, 0.2) is 6.61 Å². The molecule has 22 heavy (non-hydrogen) atoms. The number of hydrogen-bond donors (Lipinski definition) is 3. The van der Waals surface area contributed by atoms with Gasteiger partial charge in [0.2, 0.25) is 0 Å². The van der Waals surface area contributed by atoms with Crippen molar-refractivity contribution in [1.29, 1.82) is 0 Å². The zero-order valence-electron chi connectivity index (χ0n) is 12.1. The van der Waals surface area contributed by atoms with E-state index in [9.17, 15) is 14.4 Å². The highest BCUT2D eigenvalue weighted by Gasteiger charge is 2.05. The van der Waals surface area contributed by atoms with E-state index in [4.69, 9.17) is 14.6 Å². The van der Waals surface area contributed by atoms with E-state index in [1.165, 1.54) is 0 Å². The summed E-state index contributed by atoms with van der Waals surface area (Å²) in [5.74, 6) is -0.976. The van der Waals surface area contributed by atoms with Gasteiger partial charge in [0.05, 0.1) is 13.0 Å². The van der Waals surface area contributed by atoms with Crippen molar-refractivity contribution in [2.24, 2.45) is 0 Å². The van der Waals surface area contributed by atoms with E-state index in [0.717, 1.165) is 0 Å². The third-order valence-electron chi connectivity index (χ3n) is 2.40. The molecule has 0 aliphatic rings. The van der Waals surface area contributed by atoms with Crippen LogP contribution in [0.1, 0.15) is 13.3 Å². The number of carboxylic acid groups (broad SMARTS) is 1. The Bertz CT molecular complexity index is 515. The van der Waals surface area contributed by atoms with Gasteiger partial charge in [-0.3, -0.25) is 4.79 Å². The van der Waals surface area contributed by atoms with Gasteiger partial charge in [0, 0.05) is 12.2 Å². The molecule has 0 bridgehead atoms. The number of ether oxygens (including phenoxy) is 2. The van der Waals surface area contributed by atoms with E-state index in [1.54, 1.807) is 31.2 Å². The Kier molecular flexibility index (Phi) is 7.24. The van der Waals surface area contributed by atoms with Crippen LogP contribution in [0.3, 0.4) is 0 Å². The highest BCUT2D eigenvalue weighted by molar-refractivity contribution is 5.89. The molecule has 8 heteroatoms. The Balaban J connectivity index is 2.36. The molecule has 3 N–H and O–H groups in total. The average molecular weight is 310 g/mol. The first-order valence-corrected chi connectivity index (χ1v) is 6.66. The van der Waals surface area contributed by atoms with Crippen molar-refractivity contribution in [3.05, 3.63) is 24.3 Å². The minimum atomic E-state index is -0.983. The van der Waals surface area contributed by atoms with E-state index in [0.29, 0.717) is 18.0 Å². The fourth-order valence-electron chi connectivity index (χ4n) is 1.44. The fourth-order valence-corrected chi connectivity index (χ4v) is 1.44. The number of esters is 1. The standard InChI is InChI=1S/C14H18N2O6/c1-2-21-13(19)9-22-11-5-3-10(4-6-11)16-14(20)15-8-7-12(17)18/h3-6H,2,7-9H2,1H3,(H,17,18)(H2,15,16,20). The number of aliphatic carboxylic acids is 1. The highest BCUT2D eigenvalue weighted by atomic mass is 16.6. The van der Waals surface area contributed by atoms with E-state index in [-0.39, 0.29) is 19.6 Å². The lowest BCUT2D eigenvalue weighted by Crippen LogP contribution is -2.30.